The number of rotatable bonds is 6. The minimum atomic E-state index is -0.103. The van der Waals surface area contributed by atoms with Crippen LogP contribution in [-0.4, -0.2) is 16.7 Å². The molecule has 0 radical (unpaired) electrons. The first-order valence-electron chi connectivity index (χ1n) is 15.8. The number of allylic oxidation sites excluding steroid dienone is 8. The van der Waals surface area contributed by atoms with Crippen molar-refractivity contribution in [3.63, 3.8) is 0 Å². The van der Waals surface area contributed by atoms with E-state index >= 15 is 0 Å². The summed E-state index contributed by atoms with van der Waals surface area (Å²) in [5.74, 6) is 0.956. The Morgan fingerprint density at radius 1 is 0.767 bits per heavy atom. The molecule has 0 amide bonds. The summed E-state index contributed by atoms with van der Waals surface area (Å²) in [6, 6.07) is 7.63. The van der Waals surface area contributed by atoms with Crippen molar-refractivity contribution in [2.45, 2.75) is 80.1 Å². The minimum Gasteiger partial charge on any atom is -0.293 e. The number of hydrogen-bond donors (Lipinski definition) is 1. The predicted molar refractivity (Wildman–Crippen MR) is 180 cm³/mol. The zero-order valence-corrected chi connectivity index (χ0v) is 26.3. The maximum Gasteiger partial charge on any atom is 0.361 e. The van der Waals surface area contributed by atoms with E-state index in [0.717, 1.165) is 66.2 Å². The van der Waals surface area contributed by atoms with E-state index in [0.29, 0.717) is 50.0 Å². The van der Waals surface area contributed by atoms with E-state index in [2.05, 4.69) is 65.1 Å². The molecule has 0 saturated heterocycles. The molecule has 6 rings (SSSR count). The number of nitrogens with one attached hydrogen (secondary N) is 1. The Bertz CT molecular complexity index is 2140. The van der Waals surface area contributed by atoms with Crippen LogP contribution in [0.2, 0.25) is 0 Å². The fourth-order valence-electron chi connectivity index (χ4n) is 7.38. The Hall–Kier alpha value is -4.21. The van der Waals surface area contributed by atoms with Crippen LogP contribution in [0.25, 0.3) is 44.0 Å². The summed E-state index contributed by atoms with van der Waals surface area (Å²) in [6.07, 6.45) is 9.99. The SMILES string of the molecule is C=[N+]=c1c(C2=CC(CC)=C(C(C)C)CC2)c2nc3c(nc2c(C2=CC(CC)=C(C(C)C)CC2)c1=N)c(=O)c1ccccc13. The monoisotopic (exact) mass is 569 g/mol. The highest BCUT2D eigenvalue weighted by Crippen LogP contribution is 2.39. The van der Waals surface area contributed by atoms with Gasteiger partial charge in [0, 0.05) is 16.3 Å². The van der Waals surface area contributed by atoms with E-state index in [4.69, 9.17) is 9.97 Å². The third kappa shape index (κ3) is 4.58. The molecule has 3 aromatic carbocycles. The topological polar surface area (TPSA) is 80.8 Å². The highest BCUT2D eigenvalue weighted by molar-refractivity contribution is 6.11. The van der Waals surface area contributed by atoms with Crippen LogP contribution in [0, 0.1) is 17.2 Å². The molecule has 2 aliphatic carbocycles. The largest absolute Gasteiger partial charge is 0.361 e. The van der Waals surface area contributed by atoms with Crippen LogP contribution < -0.4 is 20.8 Å². The lowest BCUT2D eigenvalue weighted by molar-refractivity contribution is 0.695. The van der Waals surface area contributed by atoms with Crippen molar-refractivity contribution in [1.29, 1.82) is 5.41 Å². The lowest BCUT2D eigenvalue weighted by Gasteiger charge is -2.24. The van der Waals surface area contributed by atoms with Gasteiger partial charge >= 0.3 is 5.36 Å². The third-order valence-corrected chi connectivity index (χ3v) is 9.54. The van der Waals surface area contributed by atoms with Crippen molar-refractivity contribution in [1.82, 2.24) is 14.6 Å². The molecule has 0 saturated carbocycles. The van der Waals surface area contributed by atoms with Crippen molar-refractivity contribution >= 4 is 50.7 Å². The molecule has 0 bridgehead atoms. The molecule has 1 N–H and O–H groups in total. The van der Waals surface area contributed by atoms with Gasteiger partial charge in [0.2, 0.25) is 5.43 Å². The molecule has 0 aliphatic heterocycles. The summed E-state index contributed by atoms with van der Waals surface area (Å²) in [4.78, 5) is 24.0. The fourth-order valence-corrected chi connectivity index (χ4v) is 7.38. The van der Waals surface area contributed by atoms with Crippen LogP contribution in [0.15, 0.2) is 63.5 Å². The normalized spacial score (nSPS) is 16.2. The zero-order chi connectivity index (χ0) is 30.6. The molecule has 1 heterocycles. The van der Waals surface area contributed by atoms with E-state index in [1.807, 2.05) is 24.3 Å². The third-order valence-electron chi connectivity index (χ3n) is 9.54. The van der Waals surface area contributed by atoms with Crippen LogP contribution >= 0.6 is 0 Å². The summed E-state index contributed by atoms with van der Waals surface area (Å²) in [5, 5.41) is 11.9. The maximum absolute atomic E-state index is 13.6. The highest BCUT2D eigenvalue weighted by atomic mass is 16.1. The van der Waals surface area contributed by atoms with Gasteiger partial charge < -0.3 is 0 Å². The fraction of sp³-hybridized carbons (Fsp3) is 0.368. The maximum atomic E-state index is 13.6. The van der Waals surface area contributed by atoms with Crippen LogP contribution in [0.5, 0.6) is 0 Å². The average Bonchev–Trinajstić information content (AvgIpc) is 3.29. The summed E-state index contributed by atoms with van der Waals surface area (Å²) in [7, 11) is 0. The van der Waals surface area contributed by atoms with Gasteiger partial charge in [-0.15, -0.1) is 0 Å². The molecule has 5 nitrogen and oxygen atoms in total. The first-order chi connectivity index (χ1) is 20.7. The second-order valence-corrected chi connectivity index (χ2v) is 12.6. The zero-order valence-electron chi connectivity index (χ0n) is 26.3. The second-order valence-electron chi connectivity index (χ2n) is 12.6. The quantitative estimate of drug-likeness (QED) is 0.194. The smallest absolute Gasteiger partial charge is 0.293 e. The summed E-state index contributed by atoms with van der Waals surface area (Å²) in [5.41, 5.74) is 11.6. The number of benzene rings is 2. The predicted octanol–water partition coefficient (Wildman–Crippen LogP) is 7.40. The molecule has 0 fully saturated rings. The van der Waals surface area contributed by atoms with Crippen molar-refractivity contribution in [2.75, 3.05) is 0 Å². The average molecular weight is 570 g/mol. The van der Waals surface area contributed by atoms with E-state index in [9.17, 15) is 10.2 Å². The lowest BCUT2D eigenvalue weighted by Crippen LogP contribution is -2.35. The summed E-state index contributed by atoms with van der Waals surface area (Å²) >= 11 is 0. The van der Waals surface area contributed by atoms with Crippen molar-refractivity contribution < 1.29 is 0 Å². The molecule has 4 aromatic rings. The van der Waals surface area contributed by atoms with Crippen molar-refractivity contribution in [3.05, 3.63) is 90.8 Å². The van der Waals surface area contributed by atoms with E-state index in [-0.39, 0.29) is 5.43 Å². The van der Waals surface area contributed by atoms with Gasteiger partial charge in [-0.2, -0.15) is 0 Å². The van der Waals surface area contributed by atoms with Gasteiger partial charge in [-0.25, -0.2) is 9.97 Å². The Morgan fingerprint density at radius 3 is 1.81 bits per heavy atom. The number of nitrogens with zero attached hydrogens (tertiary/aromatic N) is 3. The van der Waals surface area contributed by atoms with Crippen molar-refractivity contribution in [3.8, 4) is 0 Å². The van der Waals surface area contributed by atoms with E-state index in [1.165, 1.54) is 22.3 Å². The van der Waals surface area contributed by atoms with Gasteiger partial charge in [0.1, 0.15) is 22.1 Å². The first kappa shape index (κ1) is 28.9. The summed E-state index contributed by atoms with van der Waals surface area (Å²) in [6.45, 7) is 17.4. The van der Waals surface area contributed by atoms with Gasteiger partial charge in [-0.05, 0) is 72.7 Å². The number of hydrogen-bond acceptors (Lipinski definition) is 4. The molecule has 1 aromatic heterocycles. The van der Waals surface area contributed by atoms with Crippen LogP contribution in [0.4, 0.5) is 0 Å². The summed E-state index contributed by atoms with van der Waals surface area (Å²) < 4.78 is 4.52. The Labute approximate surface area is 253 Å². The van der Waals surface area contributed by atoms with Gasteiger partial charge in [0.15, 0.2) is 5.36 Å². The van der Waals surface area contributed by atoms with Crippen LogP contribution in [0.1, 0.15) is 91.2 Å². The van der Waals surface area contributed by atoms with Gasteiger partial charge in [-0.3, -0.25) is 10.2 Å². The standard InChI is InChI=1S/C38H41N4O/c1-8-22-18-24(14-16-26(22)20(3)4)30-32(39)34(40-7)31(25-15-17-27(21(5)6)23(9-2)19-25)36-35(30)42-37-33(41-36)28-12-10-11-13-29(28)38(37)43/h10-13,18-21,39H,7-9,14-17H2,1-6H3/q+1. The number of aromatic nitrogens is 2. The van der Waals surface area contributed by atoms with E-state index in [1.54, 1.807) is 0 Å². The van der Waals surface area contributed by atoms with Gasteiger partial charge in [0.05, 0.1) is 5.56 Å². The van der Waals surface area contributed by atoms with Gasteiger partial charge in [-0.1, -0.05) is 93.8 Å². The van der Waals surface area contributed by atoms with Crippen molar-refractivity contribution in [2.24, 2.45) is 11.8 Å². The molecular weight excluding hydrogens is 528 g/mol. The Kier molecular flexibility index (Phi) is 7.48. The molecule has 5 heteroatoms. The molecule has 0 atom stereocenters. The first-order valence-corrected chi connectivity index (χ1v) is 15.8. The lowest BCUT2D eigenvalue weighted by atomic mass is 9.80. The van der Waals surface area contributed by atoms with E-state index < -0.39 is 0 Å². The second kappa shape index (κ2) is 11.1. The Morgan fingerprint density at radius 2 is 1.28 bits per heavy atom. The molecule has 218 valence electrons. The molecule has 2 aliphatic rings. The molecular formula is C38H41N4O+. The van der Waals surface area contributed by atoms with Gasteiger partial charge in [0.25, 0.3) is 6.72 Å². The molecule has 0 spiro atoms. The minimum absolute atomic E-state index is 0.103. The number of fused-ring (bicyclic) bond motifs is 4. The van der Waals surface area contributed by atoms with Crippen LogP contribution in [-0.2, 0) is 0 Å². The Balaban J connectivity index is 1.78. The van der Waals surface area contributed by atoms with Crippen LogP contribution in [0.3, 0.4) is 0 Å². The molecule has 0 unspecified atom stereocenters. The highest BCUT2D eigenvalue weighted by Gasteiger charge is 2.29. The molecule has 43 heavy (non-hydrogen) atoms.